The third kappa shape index (κ3) is 46.3. The number of benzene rings is 10. The van der Waals surface area contributed by atoms with E-state index in [1.165, 1.54) is 11.8 Å². The van der Waals surface area contributed by atoms with E-state index in [2.05, 4.69) is 79.5 Å². The lowest BCUT2D eigenvalue weighted by Gasteiger charge is -2.18. The first-order chi connectivity index (χ1) is 72.7. The molecule has 14 rings (SSSR count). The van der Waals surface area contributed by atoms with Crippen LogP contribution in [0.1, 0.15) is 208 Å². The fourth-order valence-corrected chi connectivity index (χ4v) is 17.1. The van der Waals surface area contributed by atoms with Crippen LogP contribution in [0.4, 0.5) is 34.1 Å². The number of sulfone groups is 1. The van der Waals surface area contributed by atoms with Crippen molar-refractivity contribution >= 4 is 138 Å². The van der Waals surface area contributed by atoms with Gasteiger partial charge in [-0.2, -0.15) is 0 Å². The third-order valence-corrected chi connectivity index (χ3v) is 25.5. The Hall–Kier alpha value is -10.4. The third-order valence-electron chi connectivity index (χ3n) is 21.2. The molecule has 0 aliphatic heterocycles. The van der Waals surface area contributed by atoms with E-state index in [4.69, 9.17) is 99.7 Å². The number of anilines is 6. The summed E-state index contributed by atoms with van der Waals surface area (Å²) in [6.45, 7) is 38.4. The average molecular weight is 2140 g/mol. The summed E-state index contributed by atoms with van der Waals surface area (Å²) < 4.78 is 124. The van der Waals surface area contributed by atoms with Crippen LogP contribution in [0.15, 0.2) is 303 Å². The molecule has 772 valence electrons. The van der Waals surface area contributed by atoms with Crippen LogP contribution >= 0.6 is 88.3 Å². The summed E-state index contributed by atoms with van der Waals surface area (Å²) in [6.07, 6.45) is 6.35. The number of hydrogen-bond donors (Lipinski definition) is 7. The molecule has 10 aromatic carbocycles. The molecule has 0 atom stereocenters. The van der Waals surface area contributed by atoms with Crippen LogP contribution in [-0.2, 0) is 111 Å². The van der Waals surface area contributed by atoms with Gasteiger partial charge in [-0.15, -0.1) is 0 Å². The molecule has 0 saturated carbocycles. The van der Waals surface area contributed by atoms with Crippen LogP contribution in [0.5, 0.6) is 5.75 Å². The van der Waals surface area contributed by atoms with Gasteiger partial charge in [0.15, 0.2) is 9.84 Å². The van der Waals surface area contributed by atoms with E-state index < -0.39 is 54.4 Å². The zero-order valence-electron chi connectivity index (χ0n) is 96.6. The summed E-state index contributed by atoms with van der Waals surface area (Å²) in [5, 5.41) is 34.9. The standard InChI is InChI=1S/C20H26ClNO.C19H24ClO2P.C18H22ClNO2S.4C16H19ClN2/c1-14(2)11-16-12-18(21)9-10-19(16)22-13-15-5-7-17(8-6-15)20(3,4)23;1-14(2)11-16-12-17(20)7-10-19(16)22-13-15-5-8-18(9-6-15)23(3,4)21;1-13(2)10-15-11-16(19)6-9-18(15)20-12-14-4-7-17(8-5-14)23(3,21)22;1-12(2)9-14-10-15(17)3-4-16(14)19-11-13-5-7-18-8-6-13;1-12(2)8-14-9-15(17)5-6-16(14)19-11-13-4-3-7-18-10-13;2*1-12(2)9-13-10-14(17)6-7-16(13)19-11-15-5-3-4-8-18-15/h5-10,12,14,22-23H,11,13H2,1-4H3;5-10,12,14H,11,13H2,1-4H3;4-9,11,13,20H,10,12H2,1-3H3;3-8,10,12,19H,9,11H2,1-2H3;3-7,9-10,12,19H,8,11H2,1-2H3;2*3-8,10,12,19H,9,11H2,1-2H3/i11D2;;;9D2;8D2;2*9D2. The molecule has 15 nitrogen and oxygen atoms in total. The van der Waals surface area contributed by atoms with Crippen molar-refractivity contribution in [3.63, 3.8) is 0 Å². The molecule has 0 aliphatic rings. The van der Waals surface area contributed by atoms with Gasteiger partial charge in [0, 0.05) is 158 Å². The van der Waals surface area contributed by atoms with Crippen molar-refractivity contribution in [1.82, 2.24) is 19.9 Å². The molecule has 4 heterocycles. The second kappa shape index (κ2) is 61.4. The van der Waals surface area contributed by atoms with Crippen LogP contribution in [0, 0.1) is 41.4 Å². The van der Waals surface area contributed by atoms with Crippen LogP contribution in [0.2, 0.25) is 35.2 Å². The highest BCUT2D eigenvalue weighted by Crippen LogP contribution is 2.37. The Morgan fingerprint density at radius 3 is 0.986 bits per heavy atom. The smallest absolute Gasteiger partial charge is 0.175 e. The molecule has 7 N–H and O–H groups in total. The van der Waals surface area contributed by atoms with Crippen molar-refractivity contribution in [1.29, 1.82) is 0 Å². The van der Waals surface area contributed by atoms with Crippen molar-refractivity contribution in [2.45, 2.75) is 212 Å². The highest BCUT2D eigenvalue weighted by Gasteiger charge is 2.19. The summed E-state index contributed by atoms with van der Waals surface area (Å²) in [7, 11) is -5.35. The van der Waals surface area contributed by atoms with Crippen LogP contribution in [-0.4, -0.2) is 53.0 Å². The lowest BCUT2D eigenvalue weighted by Crippen LogP contribution is -2.15. The van der Waals surface area contributed by atoms with Gasteiger partial charge in [0.25, 0.3) is 0 Å². The van der Waals surface area contributed by atoms with Crippen LogP contribution in [0.3, 0.4) is 0 Å². The second-order valence-corrected chi connectivity index (χ2v) is 46.4. The van der Waals surface area contributed by atoms with Gasteiger partial charge in [0.05, 0.1) is 35.0 Å². The number of rotatable bonds is 38. The van der Waals surface area contributed by atoms with E-state index in [0.29, 0.717) is 116 Å². The average Bonchev–Trinajstić information content (AvgIpc) is 0.806. The highest BCUT2D eigenvalue weighted by molar-refractivity contribution is 7.90. The Bertz CT molecular complexity index is 6480. The molecule has 0 radical (unpaired) electrons. The monoisotopic (exact) mass is 2140 g/mol. The number of aliphatic hydroxyl groups is 1. The molecule has 0 fully saturated rings. The Kier molecular flexibility index (Phi) is 44.2. The van der Waals surface area contributed by atoms with E-state index in [1.807, 2.05) is 257 Å². The molecule has 0 bridgehead atoms. The zero-order chi connectivity index (χ0) is 115. The minimum Gasteiger partial charge on any atom is -0.489 e. The number of nitrogens with one attached hydrogen (secondary N) is 6. The maximum Gasteiger partial charge on any atom is 0.175 e. The first kappa shape index (κ1) is 105. The lowest BCUT2D eigenvalue weighted by atomic mass is 9.97. The quantitative estimate of drug-likeness (QED) is 0.0180. The van der Waals surface area contributed by atoms with Crippen LogP contribution < -0.4 is 41.9 Å². The maximum absolute atomic E-state index is 12.0. The predicted octanol–water partition coefficient (Wildman–Crippen LogP) is 33.5. The fourth-order valence-electron chi connectivity index (χ4n) is 14.3. The van der Waals surface area contributed by atoms with Crippen molar-refractivity contribution < 1.29 is 36.5 Å². The Balaban J connectivity index is 0.000000220. The fraction of sp³-hybridized carbons (Fsp3) is 0.339. The van der Waals surface area contributed by atoms with E-state index in [1.54, 1.807) is 137 Å². The number of ether oxygens (including phenoxy) is 1. The molecule has 0 unspecified atom stereocenters. The number of pyridine rings is 4. The van der Waals surface area contributed by atoms with Gasteiger partial charge in [0.2, 0.25) is 0 Å². The number of nitrogens with zero attached hydrogens (tertiary/aromatic N) is 4. The second-order valence-electron chi connectivity index (χ2n) is 38.2. The number of aromatic nitrogens is 4. The molecule has 0 aliphatic carbocycles. The molecule has 0 amide bonds. The van der Waals surface area contributed by atoms with E-state index in [9.17, 15) is 18.1 Å². The molecule has 4 aromatic heterocycles. The van der Waals surface area contributed by atoms with E-state index >= 15 is 0 Å². The predicted molar refractivity (Wildman–Crippen MR) is 622 cm³/mol. The summed E-state index contributed by atoms with van der Waals surface area (Å²) in [4.78, 5) is 16.9. The molecular weight excluding hydrogens is 1980 g/mol. The van der Waals surface area contributed by atoms with Gasteiger partial charge in [-0.3, -0.25) is 19.9 Å². The Morgan fingerprint density at radius 2 is 0.662 bits per heavy atom. The number of hydrogen-bond acceptors (Lipinski definition) is 15. The first-order valence-electron chi connectivity index (χ1n) is 53.6. The largest absolute Gasteiger partial charge is 0.489 e. The van der Waals surface area contributed by atoms with Crippen molar-refractivity contribution in [3.05, 3.63) is 417 Å². The summed E-state index contributed by atoms with van der Waals surface area (Å²) >= 11 is 42.4. The normalized spacial score (nSPS) is 12.7. The SMILES string of the molecule is CC(C)Cc1cc(Cl)ccc1NCc1ccc(S(C)(=O)=O)cc1.CC(C)Cc1cc(Cl)ccc1OCc1ccc(P(C)(C)=O)cc1.[2H]C([2H])(c1cc(Cl)ccc1NCc1ccc(C(C)(C)O)cc1)C(C)C.[2H]C([2H])(c1cc(Cl)ccc1NCc1ccccn1)C(C)C.[2H]C([2H])(c1cc(Cl)ccc1NCc1ccccn1)C(C)C.[2H]C([2H])(c1cc(Cl)ccc1NCc1cccnc1)C(C)C.[2H]C([2H])(c1cc(Cl)ccc1NCc1ccncc1)C(C)C. The Morgan fingerprint density at radius 1 is 0.345 bits per heavy atom. The minimum absolute atomic E-state index is 0.141. The lowest BCUT2D eigenvalue weighted by molar-refractivity contribution is 0.0786. The summed E-state index contributed by atoms with van der Waals surface area (Å²) in [5.74, 6) is 1.22. The Labute approximate surface area is 914 Å². The molecule has 145 heavy (non-hydrogen) atoms. The van der Waals surface area contributed by atoms with Gasteiger partial charge < -0.3 is 46.3 Å². The first-order valence-corrected chi connectivity index (χ1v) is 55.8. The van der Waals surface area contributed by atoms with Gasteiger partial charge in [-0.05, 0) is 368 Å². The van der Waals surface area contributed by atoms with Gasteiger partial charge in [-0.25, -0.2) is 8.42 Å². The molecule has 14 aromatic rings. The highest BCUT2D eigenvalue weighted by atomic mass is 35.5. The molecule has 0 saturated heterocycles. The summed E-state index contributed by atoms with van der Waals surface area (Å²) in [5.41, 5.74) is 17.2. The number of halogens is 7. The zero-order valence-corrected chi connectivity index (χ0v) is 93.6. The van der Waals surface area contributed by atoms with Crippen molar-refractivity contribution in [3.8, 4) is 5.75 Å². The molecular formula is C121H148Cl7N10O5PS. The maximum atomic E-state index is 12.0. The van der Waals surface area contributed by atoms with E-state index in [-0.39, 0.29) is 29.6 Å². The molecule has 24 heteroatoms. The van der Waals surface area contributed by atoms with Gasteiger partial charge in [0.1, 0.15) is 19.5 Å². The van der Waals surface area contributed by atoms with Gasteiger partial charge in [-0.1, -0.05) is 257 Å². The van der Waals surface area contributed by atoms with E-state index in [0.717, 1.165) is 118 Å². The van der Waals surface area contributed by atoms with Crippen molar-refractivity contribution in [2.75, 3.05) is 51.5 Å². The minimum atomic E-state index is -3.15. The topological polar surface area (TPSA) is 204 Å². The van der Waals surface area contributed by atoms with Crippen molar-refractivity contribution in [2.24, 2.45) is 41.4 Å². The van der Waals surface area contributed by atoms with Crippen LogP contribution in [0.25, 0.3) is 0 Å². The summed E-state index contributed by atoms with van der Waals surface area (Å²) in [6, 6.07) is 79.8. The van der Waals surface area contributed by atoms with Gasteiger partial charge >= 0.3 is 0 Å². The molecule has 0 spiro atoms.